The molecule has 0 spiro atoms. The van der Waals surface area contributed by atoms with Gasteiger partial charge in [0.15, 0.2) is 0 Å². The van der Waals surface area contributed by atoms with Gasteiger partial charge in [0.25, 0.3) is 0 Å². The zero-order valence-electron chi connectivity index (χ0n) is 12.1. The van der Waals surface area contributed by atoms with E-state index in [1.807, 2.05) is 19.1 Å². The van der Waals surface area contributed by atoms with Gasteiger partial charge in [-0.25, -0.2) is 9.37 Å². The fourth-order valence-electron chi connectivity index (χ4n) is 2.61. The highest BCUT2D eigenvalue weighted by Gasteiger charge is 2.20. The maximum absolute atomic E-state index is 12.9. The minimum atomic E-state index is -0.172. The molecular weight excluding hydrogens is 287 g/mol. The van der Waals surface area contributed by atoms with E-state index in [1.54, 1.807) is 0 Å². The molecule has 1 N–H and O–H groups in total. The lowest BCUT2D eigenvalue weighted by atomic mass is 10.0. The molecule has 0 bridgehead atoms. The molecular formula is C15H19FN4S. The number of benzene rings is 1. The maximum atomic E-state index is 12.9. The third-order valence-electron chi connectivity index (χ3n) is 3.76. The standard InChI is InChI=1S/C15H19FN4S/c1-11-17-15(21-19-11)18-14-6-8-20(9-7-14)10-12-2-4-13(16)5-3-12/h2-5,14H,6-10H2,1H3,(H,17,18,19). The normalized spacial score (nSPS) is 17.0. The average molecular weight is 306 g/mol. The van der Waals surface area contributed by atoms with Gasteiger partial charge in [0.05, 0.1) is 0 Å². The molecule has 1 aliphatic heterocycles. The third-order valence-corrected chi connectivity index (χ3v) is 4.50. The number of likely N-dealkylation sites (tertiary alicyclic amines) is 1. The summed E-state index contributed by atoms with van der Waals surface area (Å²) in [6.07, 6.45) is 2.19. The van der Waals surface area contributed by atoms with Crippen LogP contribution in [0, 0.1) is 12.7 Å². The smallest absolute Gasteiger partial charge is 0.202 e. The monoisotopic (exact) mass is 306 g/mol. The first-order chi connectivity index (χ1) is 10.2. The second-order valence-corrected chi connectivity index (χ2v) is 6.22. The van der Waals surface area contributed by atoms with Gasteiger partial charge < -0.3 is 5.32 Å². The number of nitrogens with zero attached hydrogens (tertiary/aromatic N) is 3. The summed E-state index contributed by atoms with van der Waals surface area (Å²) in [6, 6.07) is 7.26. The predicted octanol–water partition coefficient (Wildman–Crippen LogP) is 3.06. The molecule has 21 heavy (non-hydrogen) atoms. The summed E-state index contributed by atoms with van der Waals surface area (Å²) in [5, 5.41) is 4.38. The molecule has 2 heterocycles. The lowest BCUT2D eigenvalue weighted by molar-refractivity contribution is 0.211. The van der Waals surface area contributed by atoms with Crippen LogP contribution in [0.4, 0.5) is 9.52 Å². The van der Waals surface area contributed by atoms with E-state index in [1.165, 1.54) is 29.2 Å². The molecule has 112 valence electrons. The summed E-state index contributed by atoms with van der Waals surface area (Å²) in [5.41, 5.74) is 1.17. The third kappa shape index (κ3) is 3.98. The Hall–Kier alpha value is -1.53. The van der Waals surface area contributed by atoms with Crippen LogP contribution in [0.1, 0.15) is 24.2 Å². The van der Waals surface area contributed by atoms with Crippen molar-refractivity contribution in [1.29, 1.82) is 0 Å². The highest BCUT2D eigenvalue weighted by atomic mass is 32.1. The van der Waals surface area contributed by atoms with Crippen molar-refractivity contribution in [3.8, 4) is 0 Å². The first-order valence-electron chi connectivity index (χ1n) is 7.23. The molecule has 0 amide bonds. The van der Waals surface area contributed by atoms with Crippen molar-refractivity contribution in [3.05, 3.63) is 41.5 Å². The number of rotatable bonds is 4. The van der Waals surface area contributed by atoms with Crippen LogP contribution in [-0.2, 0) is 6.54 Å². The molecule has 1 fully saturated rings. The van der Waals surface area contributed by atoms with Crippen LogP contribution in [0.3, 0.4) is 0 Å². The van der Waals surface area contributed by atoms with E-state index in [4.69, 9.17) is 0 Å². The summed E-state index contributed by atoms with van der Waals surface area (Å²) >= 11 is 1.43. The lowest BCUT2D eigenvalue weighted by Gasteiger charge is -2.32. The van der Waals surface area contributed by atoms with Gasteiger partial charge >= 0.3 is 0 Å². The summed E-state index contributed by atoms with van der Waals surface area (Å²) in [4.78, 5) is 6.76. The fourth-order valence-corrected chi connectivity index (χ4v) is 3.27. The Morgan fingerprint density at radius 1 is 1.29 bits per heavy atom. The van der Waals surface area contributed by atoms with Gasteiger partial charge in [-0.15, -0.1) is 0 Å². The Morgan fingerprint density at radius 3 is 2.62 bits per heavy atom. The molecule has 0 radical (unpaired) electrons. The van der Waals surface area contributed by atoms with Gasteiger partial charge in [-0.2, -0.15) is 4.37 Å². The van der Waals surface area contributed by atoms with E-state index in [2.05, 4.69) is 19.6 Å². The highest BCUT2D eigenvalue weighted by Crippen LogP contribution is 2.19. The number of hydrogen-bond acceptors (Lipinski definition) is 5. The van der Waals surface area contributed by atoms with Gasteiger partial charge in [0.1, 0.15) is 11.6 Å². The topological polar surface area (TPSA) is 41.1 Å². The zero-order valence-corrected chi connectivity index (χ0v) is 12.9. The van der Waals surface area contributed by atoms with Crippen LogP contribution in [0.25, 0.3) is 0 Å². The van der Waals surface area contributed by atoms with Crippen LogP contribution in [0.5, 0.6) is 0 Å². The summed E-state index contributed by atoms with van der Waals surface area (Å²) in [6.45, 7) is 4.90. The molecule has 2 aromatic rings. The highest BCUT2D eigenvalue weighted by molar-refractivity contribution is 7.09. The Balaban J connectivity index is 1.47. The van der Waals surface area contributed by atoms with Gasteiger partial charge in [-0.1, -0.05) is 12.1 Å². The first kappa shape index (κ1) is 14.4. The van der Waals surface area contributed by atoms with Gasteiger partial charge in [0.2, 0.25) is 5.13 Å². The minimum absolute atomic E-state index is 0.172. The molecule has 0 atom stereocenters. The number of piperidine rings is 1. The average Bonchev–Trinajstić information content (AvgIpc) is 2.89. The molecule has 0 unspecified atom stereocenters. The number of aromatic nitrogens is 2. The van der Waals surface area contributed by atoms with E-state index in [-0.39, 0.29) is 5.82 Å². The maximum Gasteiger partial charge on any atom is 0.202 e. The summed E-state index contributed by atoms with van der Waals surface area (Å²) < 4.78 is 17.1. The van der Waals surface area contributed by atoms with E-state index in [0.29, 0.717) is 6.04 Å². The predicted molar refractivity (Wildman–Crippen MR) is 83.0 cm³/mol. The molecule has 6 heteroatoms. The number of halogens is 1. The van der Waals surface area contributed by atoms with Crippen molar-refractivity contribution in [1.82, 2.24) is 14.3 Å². The second kappa shape index (κ2) is 6.49. The molecule has 1 aliphatic rings. The number of anilines is 1. The molecule has 3 rings (SSSR count). The number of aryl methyl sites for hydroxylation is 1. The van der Waals surface area contributed by atoms with E-state index in [9.17, 15) is 4.39 Å². The summed E-state index contributed by atoms with van der Waals surface area (Å²) in [5.74, 6) is 0.658. The quantitative estimate of drug-likeness (QED) is 0.942. The van der Waals surface area contributed by atoms with Crippen molar-refractivity contribution in [2.45, 2.75) is 32.4 Å². The molecule has 0 saturated carbocycles. The van der Waals surface area contributed by atoms with Crippen LogP contribution >= 0.6 is 11.5 Å². The molecule has 1 aromatic carbocycles. The molecule has 1 aromatic heterocycles. The Kier molecular flexibility index (Phi) is 4.45. The van der Waals surface area contributed by atoms with Crippen LogP contribution in [0.15, 0.2) is 24.3 Å². The van der Waals surface area contributed by atoms with Gasteiger partial charge in [-0.05, 0) is 37.5 Å². The van der Waals surface area contributed by atoms with Crippen molar-refractivity contribution in [2.24, 2.45) is 0 Å². The number of hydrogen-bond donors (Lipinski definition) is 1. The summed E-state index contributed by atoms with van der Waals surface area (Å²) in [7, 11) is 0. The SMILES string of the molecule is Cc1nsc(NC2CCN(Cc3ccc(F)cc3)CC2)n1. The molecule has 0 aliphatic carbocycles. The van der Waals surface area contributed by atoms with E-state index >= 15 is 0 Å². The Bertz CT molecular complexity index is 576. The van der Waals surface area contributed by atoms with Crippen molar-refractivity contribution in [2.75, 3.05) is 18.4 Å². The number of nitrogens with one attached hydrogen (secondary N) is 1. The fraction of sp³-hybridized carbons (Fsp3) is 0.467. The largest absolute Gasteiger partial charge is 0.357 e. The zero-order chi connectivity index (χ0) is 14.7. The molecule has 1 saturated heterocycles. The van der Waals surface area contributed by atoms with Crippen LogP contribution < -0.4 is 5.32 Å². The van der Waals surface area contributed by atoms with Crippen molar-refractivity contribution >= 4 is 16.7 Å². The lowest BCUT2D eigenvalue weighted by Crippen LogP contribution is -2.38. The van der Waals surface area contributed by atoms with Gasteiger partial charge in [0, 0.05) is 37.2 Å². The van der Waals surface area contributed by atoms with Gasteiger partial charge in [-0.3, -0.25) is 4.90 Å². The Labute approximate surface area is 128 Å². The molecule has 4 nitrogen and oxygen atoms in total. The Morgan fingerprint density at radius 2 is 2.00 bits per heavy atom. The second-order valence-electron chi connectivity index (χ2n) is 5.47. The van der Waals surface area contributed by atoms with Crippen LogP contribution in [0.2, 0.25) is 0 Å². The minimum Gasteiger partial charge on any atom is -0.357 e. The van der Waals surface area contributed by atoms with E-state index in [0.717, 1.165) is 43.4 Å². The van der Waals surface area contributed by atoms with E-state index < -0.39 is 0 Å². The first-order valence-corrected chi connectivity index (χ1v) is 8.00. The van der Waals surface area contributed by atoms with Crippen LogP contribution in [-0.4, -0.2) is 33.4 Å². The van der Waals surface area contributed by atoms with Crippen molar-refractivity contribution in [3.63, 3.8) is 0 Å². The van der Waals surface area contributed by atoms with Crippen molar-refractivity contribution < 1.29 is 4.39 Å².